The molecular weight excluding hydrogens is 264 g/mol. The summed E-state index contributed by atoms with van der Waals surface area (Å²) in [7, 11) is 0. The topological polar surface area (TPSA) is 0 Å². The largest absolute Gasteiger partial charge is 0.0587 e. The summed E-state index contributed by atoms with van der Waals surface area (Å²) >= 11 is 0. The van der Waals surface area contributed by atoms with Gasteiger partial charge in [0.15, 0.2) is 0 Å². The Kier molecular flexibility index (Phi) is 4.38. The fourth-order valence-electron chi connectivity index (χ4n) is 3.69. The second-order valence-corrected chi connectivity index (χ2v) is 7.38. The van der Waals surface area contributed by atoms with E-state index in [-0.39, 0.29) is 0 Å². The Balaban J connectivity index is 2.03. The molecule has 0 unspecified atom stereocenters. The molecule has 0 nitrogen and oxygen atoms in total. The van der Waals surface area contributed by atoms with Gasteiger partial charge in [0.1, 0.15) is 0 Å². The number of hydrogen-bond acceptors (Lipinski definition) is 0. The molecule has 116 valence electrons. The number of rotatable bonds is 2. The van der Waals surface area contributed by atoms with Crippen LogP contribution in [-0.2, 0) is 25.7 Å². The minimum Gasteiger partial charge on any atom is -0.0587 e. The third kappa shape index (κ3) is 3.11. The number of hydrogen-bond donors (Lipinski definition) is 0. The second-order valence-electron chi connectivity index (χ2n) is 7.38. The van der Waals surface area contributed by atoms with E-state index in [1.165, 1.54) is 22.3 Å². The van der Waals surface area contributed by atoms with Crippen LogP contribution >= 0.6 is 0 Å². The molecular formula is C22H28. The molecule has 4 aliphatic carbocycles. The molecule has 0 atom stereocenters. The molecule has 0 radical (unpaired) electrons. The average Bonchev–Trinajstić information content (AvgIpc) is 2.49. The van der Waals surface area contributed by atoms with Crippen LogP contribution in [0.4, 0.5) is 0 Å². The maximum atomic E-state index is 2.46. The van der Waals surface area contributed by atoms with Crippen LogP contribution in [0.5, 0.6) is 0 Å². The monoisotopic (exact) mass is 292 g/mol. The quantitative estimate of drug-likeness (QED) is 0.654. The fraction of sp³-hybridized carbons (Fsp3) is 0.455. The van der Waals surface area contributed by atoms with Gasteiger partial charge in [0.25, 0.3) is 0 Å². The molecule has 2 aromatic carbocycles. The van der Waals surface area contributed by atoms with E-state index in [4.69, 9.17) is 0 Å². The van der Waals surface area contributed by atoms with Crippen LogP contribution in [0.1, 0.15) is 72.9 Å². The second kappa shape index (κ2) is 6.28. The van der Waals surface area contributed by atoms with E-state index in [0.29, 0.717) is 11.8 Å². The molecule has 2 aromatic rings. The summed E-state index contributed by atoms with van der Waals surface area (Å²) in [6.07, 6.45) is 4.62. The zero-order valence-electron chi connectivity index (χ0n) is 14.4. The van der Waals surface area contributed by atoms with Crippen molar-refractivity contribution in [1.82, 2.24) is 0 Å². The molecule has 0 heteroatoms. The minimum absolute atomic E-state index is 0.616. The van der Waals surface area contributed by atoms with E-state index in [2.05, 4.69) is 64.1 Å². The predicted molar refractivity (Wildman–Crippen MR) is 95.9 cm³/mol. The standard InChI is InChI=1S/C22H28/c1-15(2)21-13-17-5-9-19(21)11-7-18-6-10-20(12-8-17)22(14-18)16(3)4/h5-6,9-10,13-16H,7-8,11-12H2,1-4H3. The van der Waals surface area contributed by atoms with E-state index in [0.717, 1.165) is 25.7 Å². The third-order valence-electron chi connectivity index (χ3n) is 5.03. The molecule has 0 spiro atoms. The van der Waals surface area contributed by atoms with Crippen molar-refractivity contribution in [1.29, 1.82) is 0 Å². The van der Waals surface area contributed by atoms with Gasteiger partial charge in [0.2, 0.25) is 0 Å². The minimum atomic E-state index is 0.616. The van der Waals surface area contributed by atoms with E-state index in [1.54, 1.807) is 11.1 Å². The van der Waals surface area contributed by atoms with Gasteiger partial charge in [-0.2, -0.15) is 0 Å². The number of aryl methyl sites for hydroxylation is 4. The first kappa shape index (κ1) is 15.3. The Morgan fingerprint density at radius 3 is 1.36 bits per heavy atom. The van der Waals surface area contributed by atoms with Crippen LogP contribution in [0.25, 0.3) is 0 Å². The molecule has 22 heavy (non-hydrogen) atoms. The van der Waals surface area contributed by atoms with Crippen molar-refractivity contribution in [2.24, 2.45) is 0 Å². The Morgan fingerprint density at radius 1 is 0.591 bits per heavy atom. The molecule has 0 aliphatic heterocycles. The zero-order valence-corrected chi connectivity index (χ0v) is 14.4. The summed E-state index contributed by atoms with van der Waals surface area (Å²) in [5, 5.41) is 0. The summed E-state index contributed by atoms with van der Waals surface area (Å²) in [4.78, 5) is 0. The lowest BCUT2D eigenvalue weighted by molar-refractivity contribution is 0.799. The highest BCUT2D eigenvalue weighted by Gasteiger charge is 2.13. The van der Waals surface area contributed by atoms with Gasteiger partial charge in [-0.05, 0) is 70.9 Å². The van der Waals surface area contributed by atoms with E-state index < -0.39 is 0 Å². The number of benzene rings is 2. The Bertz CT molecular complexity index is 602. The molecule has 4 aliphatic rings. The SMILES string of the molecule is CC(C)c1cc2ccc1CCc1ccc(c(C(C)C)c1)CC2. The maximum Gasteiger partial charge on any atom is -0.0216 e. The van der Waals surface area contributed by atoms with Gasteiger partial charge in [-0.25, -0.2) is 0 Å². The Labute approximate surface area is 135 Å². The first-order valence-electron chi connectivity index (χ1n) is 8.78. The average molecular weight is 292 g/mol. The highest BCUT2D eigenvalue weighted by molar-refractivity contribution is 5.39. The zero-order chi connectivity index (χ0) is 15.7. The lowest BCUT2D eigenvalue weighted by atomic mass is 9.86. The van der Waals surface area contributed by atoms with Crippen molar-refractivity contribution in [3.63, 3.8) is 0 Å². The van der Waals surface area contributed by atoms with Gasteiger partial charge >= 0.3 is 0 Å². The van der Waals surface area contributed by atoms with Crippen LogP contribution in [0, 0.1) is 0 Å². The molecule has 6 rings (SSSR count). The van der Waals surface area contributed by atoms with Crippen molar-refractivity contribution >= 4 is 0 Å². The van der Waals surface area contributed by atoms with Gasteiger partial charge in [-0.15, -0.1) is 0 Å². The van der Waals surface area contributed by atoms with Crippen molar-refractivity contribution < 1.29 is 0 Å². The van der Waals surface area contributed by atoms with Crippen molar-refractivity contribution in [2.45, 2.75) is 65.2 Å². The summed E-state index contributed by atoms with van der Waals surface area (Å²) in [6, 6.07) is 14.4. The molecule has 0 amide bonds. The molecule has 0 aromatic heterocycles. The third-order valence-corrected chi connectivity index (χ3v) is 5.03. The van der Waals surface area contributed by atoms with Gasteiger partial charge in [-0.1, -0.05) is 64.1 Å². The molecule has 0 N–H and O–H groups in total. The van der Waals surface area contributed by atoms with E-state index in [9.17, 15) is 0 Å². The summed E-state index contributed by atoms with van der Waals surface area (Å²) < 4.78 is 0. The first-order valence-corrected chi connectivity index (χ1v) is 8.78. The molecule has 0 saturated heterocycles. The molecule has 4 bridgehead atoms. The molecule has 0 saturated carbocycles. The maximum absolute atomic E-state index is 2.46. The van der Waals surface area contributed by atoms with Crippen molar-refractivity contribution in [3.05, 3.63) is 69.8 Å². The lowest BCUT2D eigenvalue weighted by Crippen LogP contribution is -2.06. The molecule has 0 fully saturated rings. The van der Waals surface area contributed by atoms with E-state index >= 15 is 0 Å². The van der Waals surface area contributed by atoms with Crippen LogP contribution in [0.15, 0.2) is 36.4 Å². The Morgan fingerprint density at radius 2 is 1.00 bits per heavy atom. The lowest BCUT2D eigenvalue weighted by Gasteiger charge is -2.19. The fourth-order valence-corrected chi connectivity index (χ4v) is 3.69. The highest BCUT2D eigenvalue weighted by atomic mass is 14.2. The van der Waals surface area contributed by atoms with Gasteiger partial charge in [0, 0.05) is 0 Å². The van der Waals surface area contributed by atoms with Gasteiger partial charge in [0.05, 0.1) is 0 Å². The van der Waals surface area contributed by atoms with E-state index in [1.807, 2.05) is 0 Å². The highest BCUT2D eigenvalue weighted by Crippen LogP contribution is 2.27. The predicted octanol–water partition coefficient (Wildman–Crippen LogP) is 5.82. The summed E-state index contributed by atoms with van der Waals surface area (Å²) in [5.74, 6) is 1.23. The van der Waals surface area contributed by atoms with Crippen LogP contribution in [0.3, 0.4) is 0 Å². The Hall–Kier alpha value is -1.56. The summed E-state index contributed by atoms with van der Waals surface area (Å²) in [6.45, 7) is 9.27. The van der Waals surface area contributed by atoms with Crippen LogP contribution in [-0.4, -0.2) is 0 Å². The normalized spacial score (nSPS) is 14.5. The first-order chi connectivity index (χ1) is 10.5. The smallest absolute Gasteiger partial charge is 0.0216 e. The van der Waals surface area contributed by atoms with Crippen LogP contribution in [0.2, 0.25) is 0 Å². The molecule has 0 heterocycles. The van der Waals surface area contributed by atoms with Crippen molar-refractivity contribution in [3.8, 4) is 0 Å². The van der Waals surface area contributed by atoms with Gasteiger partial charge < -0.3 is 0 Å². The van der Waals surface area contributed by atoms with Gasteiger partial charge in [-0.3, -0.25) is 0 Å². The van der Waals surface area contributed by atoms with Crippen molar-refractivity contribution in [2.75, 3.05) is 0 Å². The van der Waals surface area contributed by atoms with Crippen LogP contribution < -0.4 is 0 Å². The summed E-state index contributed by atoms with van der Waals surface area (Å²) in [5.41, 5.74) is 9.16.